The summed E-state index contributed by atoms with van der Waals surface area (Å²) >= 11 is 1.29. The average Bonchev–Trinajstić information content (AvgIpc) is 3.50. The van der Waals surface area contributed by atoms with E-state index in [2.05, 4.69) is 9.88 Å². The lowest BCUT2D eigenvalue weighted by atomic mass is 10.0. The Morgan fingerprint density at radius 3 is 2.64 bits per heavy atom. The van der Waals surface area contributed by atoms with Crippen LogP contribution < -0.4 is 14.4 Å². The van der Waals surface area contributed by atoms with Gasteiger partial charge in [0.1, 0.15) is 33.5 Å². The van der Waals surface area contributed by atoms with Gasteiger partial charge >= 0.3 is 0 Å². The second-order valence-electron chi connectivity index (χ2n) is 9.55. The van der Waals surface area contributed by atoms with Crippen molar-refractivity contribution in [2.45, 2.75) is 31.9 Å². The minimum absolute atomic E-state index is 0.137. The number of amides is 1. The average molecular weight is 551 g/mol. The van der Waals surface area contributed by atoms with Crippen molar-refractivity contribution < 1.29 is 23.8 Å². The highest BCUT2D eigenvalue weighted by Gasteiger charge is 2.26. The number of nitrogens with zero attached hydrogens (tertiary/aromatic N) is 4. The van der Waals surface area contributed by atoms with E-state index in [0.717, 1.165) is 35.9 Å². The van der Waals surface area contributed by atoms with Crippen molar-refractivity contribution in [1.82, 2.24) is 14.9 Å². The number of hydrogen-bond acceptors (Lipinski definition) is 8. The standard InChI is InChI=1S/C29H31FN4O4S/c1-37-24-9-10-25(38-2)27-23(24)14-20(28(32-27)33-12-3-4-22(35)17-33)16-34(29(36)26-15-31-18-39-26)13-11-19-5-7-21(30)8-6-19/h5-10,14-15,18,22,35H,3-4,11-13,16-17H2,1-2H3. The highest BCUT2D eigenvalue weighted by atomic mass is 32.1. The molecule has 4 aromatic rings. The lowest BCUT2D eigenvalue weighted by Gasteiger charge is -2.33. The summed E-state index contributed by atoms with van der Waals surface area (Å²) in [4.78, 5) is 27.2. The van der Waals surface area contributed by atoms with Crippen LogP contribution in [-0.2, 0) is 13.0 Å². The van der Waals surface area contributed by atoms with E-state index < -0.39 is 6.10 Å². The molecule has 0 radical (unpaired) electrons. The SMILES string of the molecule is COc1ccc(OC)c2nc(N3CCCC(O)C3)c(CN(CCc3ccc(F)cc3)C(=O)c3cncs3)cc12. The predicted molar refractivity (Wildman–Crippen MR) is 149 cm³/mol. The second-order valence-corrected chi connectivity index (χ2v) is 10.4. The molecule has 8 nitrogen and oxygen atoms in total. The van der Waals surface area contributed by atoms with Gasteiger partial charge in [-0.25, -0.2) is 9.37 Å². The lowest BCUT2D eigenvalue weighted by molar-refractivity contribution is 0.0749. The number of fused-ring (bicyclic) bond motifs is 1. The molecule has 204 valence electrons. The van der Waals surface area contributed by atoms with Gasteiger partial charge < -0.3 is 24.4 Å². The Bertz CT molecular complexity index is 1430. The van der Waals surface area contributed by atoms with Crippen LogP contribution in [0.15, 0.2) is 54.2 Å². The first kappa shape index (κ1) is 26.8. The van der Waals surface area contributed by atoms with Crippen molar-refractivity contribution in [3.05, 3.63) is 76.0 Å². The zero-order valence-corrected chi connectivity index (χ0v) is 22.8. The van der Waals surface area contributed by atoms with Crippen molar-refractivity contribution in [2.75, 3.05) is 38.8 Å². The molecule has 1 unspecified atom stereocenters. The second kappa shape index (κ2) is 12.0. The van der Waals surface area contributed by atoms with Gasteiger partial charge in [0.15, 0.2) is 0 Å². The van der Waals surface area contributed by atoms with Gasteiger partial charge in [-0.05, 0) is 55.2 Å². The summed E-state index contributed by atoms with van der Waals surface area (Å²) < 4.78 is 24.7. The number of carbonyl (C=O) groups excluding carboxylic acids is 1. The van der Waals surface area contributed by atoms with Gasteiger partial charge in [0, 0.05) is 37.1 Å². The zero-order chi connectivity index (χ0) is 27.4. The molecule has 1 fully saturated rings. The number of ether oxygens (including phenoxy) is 2. The first-order valence-electron chi connectivity index (χ1n) is 12.9. The molecule has 39 heavy (non-hydrogen) atoms. The number of thiazole rings is 1. The van der Waals surface area contributed by atoms with Crippen molar-refractivity contribution in [3.63, 3.8) is 0 Å². The van der Waals surface area contributed by atoms with Crippen LogP contribution in [0.3, 0.4) is 0 Å². The summed E-state index contributed by atoms with van der Waals surface area (Å²) in [6.07, 6.45) is 3.26. The van der Waals surface area contributed by atoms with Crippen molar-refractivity contribution in [1.29, 1.82) is 0 Å². The quantitative estimate of drug-likeness (QED) is 0.323. The molecular weight excluding hydrogens is 519 g/mol. The van der Waals surface area contributed by atoms with Gasteiger partial charge in [-0.15, -0.1) is 11.3 Å². The Hall–Kier alpha value is -3.76. The number of carbonyl (C=O) groups is 1. The number of hydrogen-bond donors (Lipinski definition) is 1. The molecule has 1 atom stereocenters. The Morgan fingerprint density at radius 1 is 1.18 bits per heavy atom. The summed E-state index contributed by atoms with van der Waals surface area (Å²) in [5, 5.41) is 11.2. The number of halogens is 1. The van der Waals surface area contributed by atoms with E-state index in [-0.39, 0.29) is 18.3 Å². The Labute approximate surface area is 230 Å². The van der Waals surface area contributed by atoms with E-state index in [4.69, 9.17) is 14.5 Å². The lowest BCUT2D eigenvalue weighted by Crippen LogP contribution is -2.40. The van der Waals surface area contributed by atoms with E-state index in [1.54, 1.807) is 43.0 Å². The van der Waals surface area contributed by atoms with Gasteiger partial charge in [-0.3, -0.25) is 9.78 Å². The first-order chi connectivity index (χ1) is 19.0. The zero-order valence-electron chi connectivity index (χ0n) is 22.0. The molecule has 0 aliphatic carbocycles. The number of pyridine rings is 1. The normalized spacial score (nSPS) is 15.4. The fourth-order valence-corrected chi connectivity index (χ4v) is 5.56. The predicted octanol–water partition coefficient (Wildman–Crippen LogP) is 4.69. The minimum atomic E-state index is -0.454. The summed E-state index contributed by atoms with van der Waals surface area (Å²) in [5.41, 5.74) is 4.06. The molecule has 0 bridgehead atoms. The number of aromatic nitrogens is 2. The van der Waals surface area contributed by atoms with Crippen molar-refractivity contribution in [2.24, 2.45) is 0 Å². The molecule has 1 aliphatic rings. The van der Waals surface area contributed by atoms with Crippen LogP contribution in [0.5, 0.6) is 11.5 Å². The van der Waals surface area contributed by atoms with E-state index in [1.165, 1.54) is 23.5 Å². The number of methoxy groups -OCH3 is 2. The van der Waals surface area contributed by atoms with Crippen molar-refractivity contribution >= 4 is 34.0 Å². The summed E-state index contributed by atoms with van der Waals surface area (Å²) in [6, 6.07) is 12.0. The monoisotopic (exact) mass is 550 g/mol. The highest BCUT2D eigenvalue weighted by Crippen LogP contribution is 2.36. The third-order valence-corrected chi connectivity index (χ3v) is 7.74. The highest BCUT2D eigenvalue weighted by molar-refractivity contribution is 7.11. The molecule has 1 aliphatic heterocycles. The maximum atomic E-state index is 13.6. The van der Waals surface area contributed by atoms with Crippen molar-refractivity contribution in [3.8, 4) is 11.5 Å². The van der Waals surface area contributed by atoms with Gasteiger partial charge in [0.2, 0.25) is 0 Å². The number of benzene rings is 2. The van der Waals surface area contributed by atoms with Crippen LogP contribution >= 0.6 is 11.3 Å². The number of piperidine rings is 1. The van der Waals surface area contributed by atoms with Gasteiger partial charge in [-0.2, -0.15) is 0 Å². The molecule has 0 spiro atoms. The van der Waals surface area contributed by atoms with Crippen LogP contribution in [0.1, 0.15) is 33.6 Å². The Morgan fingerprint density at radius 2 is 1.95 bits per heavy atom. The number of aliphatic hydroxyl groups excluding tert-OH is 1. The van der Waals surface area contributed by atoms with Crippen LogP contribution in [0.2, 0.25) is 0 Å². The summed E-state index contributed by atoms with van der Waals surface area (Å²) in [7, 11) is 3.21. The van der Waals surface area contributed by atoms with Crippen LogP contribution in [0.4, 0.5) is 10.2 Å². The van der Waals surface area contributed by atoms with E-state index >= 15 is 0 Å². The maximum absolute atomic E-state index is 13.6. The van der Waals surface area contributed by atoms with Gasteiger partial charge in [0.05, 0.1) is 32.0 Å². The third-order valence-electron chi connectivity index (χ3n) is 6.97. The molecule has 2 aromatic heterocycles. The van der Waals surface area contributed by atoms with E-state index in [0.29, 0.717) is 47.2 Å². The largest absolute Gasteiger partial charge is 0.496 e. The third kappa shape index (κ3) is 5.97. The molecule has 1 amide bonds. The molecule has 3 heterocycles. The number of rotatable bonds is 9. The molecule has 0 saturated carbocycles. The molecule has 5 rings (SSSR count). The topological polar surface area (TPSA) is 88.0 Å². The maximum Gasteiger partial charge on any atom is 0.265 e. The van der Waals surface area contributed by atoms with Gasteiger partial charge in [-0.1, -0.05) is 12.1 Å². The minimum Gasteiger partial charge on any atom is -0.496 e. The molecular formula is C29H31FN4O4S. The van der Waals surface area contributed by atoms with E-state index in [9.17, 15) is 14.3 Å². The van der Waals surface area contributed by atoms with E-state index in [1.807, 2.05) is 18.2 Å². The first-order valence-corrected chi connectivity index (χ1v) is 13.7. The number of aliphatic hydroxyl groups is 1. The number of β-amino-alcohol motifs (C(OH)–C–C–N with tert-alkyl or cyclic N) is 1. The number of anilines is 1. The Balaban J connectivity index is 1.57. The van der Waals surface area contributed by atoms with Crippen LogP contribution in [0.25, 0.3) is 10.9 Å². The summed E-state index contributed by atoms with van der Waals surface area (Å²) in [5.74, 6) is 1.54. The Kier molecular flexibility index (Phi) is 8.23. The molecule has 2 aromatic carbocycles. The van der Waals surface area contributed by atoms with Crippen LogP contribution in [0, 0.1) is 5.82 Å². The van der Waals surface area contributed by atoms with Gasteiger partial charge in [0.25, 0.3) is 5.91 Å². The molecule has 1 N–H and O–H groups in total. The summed E-state index contributed by atoms with van der Waals surface area (Å²) in [6.45, 7) is 1.89. The smallest absolute Gasteiger partial charge is 0.265 e. The molecule has 10 heteroatoms. The van der Waals surface area contributed by atoms with Crippen LogP contribution in [-0.4, -0.2) is 65.8 Å². The molecule has 1 saturated heterocycles. The fraction of sp³-hybridized carbons (Fsp3) is 0.345. The fourth-order valence-electron chi connectivity index (χ4n) is 4.97.